The summed E-state index contributed by atoms with van der Waals surface area (Å²) in [6.07, 6.45) is 7.20. The second-order valence-corrected chi connectivity index (χ2v) is 8.48. The monoisotopic (exact) mass is 427 g/mol. The first kappa shape index (κ1) is 22.3. The molecule has 166 valence electrons. The molecule has 1 unspecified atom stereocenters. The van der Waals surface area contributed by atoms with E-state index in [0.717, 1.165) is 43.7 Å². The molecule has 0 saturated carbocycles. The highest BCUT2D eigenvalue weighted by Crippen LogP contribution is 2.35. The summed E-state index contributed by atoms with van der Waals surface area (Å²) in [5.41, 5.74) is 3.56. The molecule has 1 saturated heterocycles. The third kappa shape index (κ3) is 5.12. The number of piperidine rings is 1. The Labute approximate surface area is 192 Å². The van der Waals surface area contributed by atoms with Gasteiger partial charge in [-0.05, 0) is 60.1 Å². The first-order valence-electron chi connectivity index (χ1n) is 11.6. The Balaban J connectivity index is 1.63. The van der Waals surface area contributed by atoms with Gasteiger partial charge in [-0.15, -0.1) is 0 Å². The normalized spacial score (nSPS) is 16.2. The van der Waals surface area contributed by atoms with Gasteiger partial charge in [0.2, 0.25) is 0 Å². The van der Waals surface area contributed by atoms with Gasteiger partial charge in [0.15, 0.2) is 0 Å². The maximum Gasteiger partial charge on any atom is 0.144 e. The molecule has 0 aliphatic carbocycles. The number of hydrogen-bond acceptors (Lipinski definition) is 3. The van der Waals surface area contributed by atoms with E-state index >= 15 is 0 Å². The second kappa shape index (κ2) is 10.6. The fourth-order valence-electron chi connectivity index (χ4n) is 4.66. The molecule has 0 bridgehead atoms. The Morgan fingerprint density at radius 2 is 1.41 bits per heavy atom. The average molecular weight is 428 g/mol. The van der Waals surface area contributed by atoms with Crippen LogP contribution in [0, 0.1) is 0 Å². The van der Waals surface area contributed by atoms with Crippen molar-refractivity contribution in [3.63, 3.8) is 0 Å². The Bertz CT molecular complexity index is 951. The van der Waals surface area contributed by atoms with Crippen LogP contribution in [0.15, 0.2) is 91.0 Å². The molecule has 3 aromatic rings. The molecule has 1 atom stereocenters. The SMILES string of the molecule is COc1ccc(C(O)(CCC=C(c2ccccc2)c2ccccc2)N2CCCCC2)cc1. The van der Waals surface area contributed by atoms with Gasteiger partial charge >= 0.3 is 0 Å². The summed E-state index contributed by atoms with van der Waals surface area (Å²) in [6.45, 7) is 1.85. The molecule has 0 amide bonds. The van der Waals surface area contributed by atoms with Crippen molar-refractivity contribution < 1.29 is 9.84 Å². The lowest BCUT2D eigenvalue weighted by Gasteiger charge is -2.42. The highest BCUT2D eigenvalue weighted by Gasteiger charge is 2.36. The van der Waals surface area contributed by atoms with Crippen LogP contribution >= 0.6 is 0 Å². The van der Waals surface area contributed by atoms with Crippen molar-refractivity contribution >= 4 is 5.57 Å². The summed E-state index contributed by atoms with van der Waals surface area (Å²) in [5, 5.41) is 12.0. The molecular weight excluding hydrogens is 394 g/mol. The van der Waals surface area contributed by atoms with Crippen molar-refractivity contribution in [3.8, 4) is 5.75 Å². The molecule has 32 heavy (non-hydrogen) atoms. The zero-order chi connectivity index (χ0) is 22.2. The molecule has 1 aliphatic heterocycles. The van der Waals surface area contributed by atoms with Crippen molar-refractivity contribution in [2.45, 2.75) is 37.8 Å². The van der Waals surface area contributed by atoms with Gasteiger partial charge in [0.05, 0.1) is 7.11 Å². The molecule has 1 heterocycles. The number of benzene rings is 3. The number of rotatable bonds is 8. The lowest BCUT2D eigenvalue weighted by atomic mass is 9.91. The van der Waals surface area contributed by atoms with Gasteiger partial charge in [-0.25, -0.2) is 0 Å². The van der Waals surface area contributed by atoms with Crippen LogP contribution in [0.1, 0.15) is 48.8 Å². The maximum atomic E-state index is 12.0. The minimum atomic E-state index is -0.984. The van der Waals surface area contributed by atoms with Gasteiger partial charge in [-0.3, -0.25) is 4.90 Å². The van der Waals surface area contributed by atoms with E-state index < -0.39 is 5.72 Å². The molecule has 3 nitrogen and oxygen atoms in total. The van der Waals surface area contributed by atoms with Crippen LogP contribution in [-0.4, -0.2) is 30.2 Å². The van der Waals surface area contributed by atoms with Crippen LogP contribution in [0.25, 0.3) is 5.57 Å². The largest absolute Gasteiger partial charge is 0.497 e. The molecule has 4 rings (SSSR count). The number of allylic oxidation sites excluding steroid dienone is 1. The zero-order valence-electron chi connectivity index (χ0n) is 18.9. The smallest absolute Gasteiger partial charge is 0.144 e. The van der Waals surface area contributed by atoms with Crippen LogP contribution in [-0.2, 0) is 5.72 Å². The number of aliphatic hydroxyl groups is 1. The number of likely N-dealkylation sites (tertiary alicyclic amines) is 1. The van der Waals surface area contributed by atoms with Gasteiger partial charge in [-0.2, -0.15) is 0 Å². The fraction of sp³-hybridized carbons (Fsp3) is 0.310. The lowest BCUT2D eigenvalue weighted by Crippen LogP contribution is -2.48. The van der Waals surface area contributed by atoms with Crippen LogP contribution in [0.5, 0.6) is 5.75 Å². The Hall–Kier alpha value is -2.88. The summed E-state index contributed by atoms with van der Waals surface area (Å²) >= 11 is 0. The van der Waals surface area contributed by atoms with Gasteiger partial charge in [0.1, 0.15) is 11.5 Å². The molecule has 0 aromatic heterocycles. The number of nitrogens with zero attached hydrogens (tertiary/aromatic N) is 1. The predicted octanol–water partition coefficient (Wildman–Crippen LogP) is 6.24. The van der Waals surface area contributed by atoms with Crippen LogP contribution < -0.4 is 4.74 Å². The molecule has 1 aliphatic rings. The van der Waals surface area contributed by atoms with Gasteiger partial charge in [0, 0.05) is 13.1 Å². The van der Waals surface area contributed by atoms with E-state index in [1.165, 1.54) is 23.1 Å². The number of methoxy groups -OCH3 is 1. The van der Waals surface area contributed by atoms with Gasteiger partial charge in [-0.1, -0.05) is 85.3 Å². The summed E-state index contributed by atoms with van der Waals surface area (Å²) in [5.74, 6) is 0.810. The predicted molar refractivity (Wildman–Crippen MR) is 132 cm³/mol. The maximum absolute atomic E-state index is 12.0. The molecule has 0 radical (unpaired) electrons. The van der Waals surface area contributed by atoms with E-state index in [0.29, 0.717) is 6.42 Å². The zero-order valence-corrected chi connectivity index (χ0v) is 18.9. The number of hydrogen-bond donors (Lipinski definition) is 1. The van der Waals surface area contributed by atoms with E-state index in [-0.39, 0.29) is 0 Å². The Morgan fingerprint density at radius 1 is 0.844 bits per heavy atom. The summed E-state index contributed by atoms with van der Waals surface area (Å²) in [7, 11) is 1.67. The van der Waals surface area contributed by atoms with Crippen LogP contribution in [0.3, 0.4) is 0 Å². The van der Waals surface area contributed by atoms with Crippen molar-refractivity contribution in [2.75, 3.05) is 20.2 Å². The molecule has 3 heteroatoms. The van der Waals surface area contributed by atoms with Crippen LogP contribution in [0.4, 0.5) is 0 Å². The quantitative estimate of drug-likeness (QED) is 0.462. The molecule has 3 aromatic carbocycles. The minimum Gasteiger partial charge on any atom is -0.497 e. The minimum absolute atomic E-state index is 0.641. The highest BCUT2D eigenvalue weighted by molar-refractivity contribution is 5.79. The number of ether oxygens (including phenoxy) is 1. The van der Waals surface area contributed by atoms with E-state index in [9.17, 15) is 5.11 Å². The van der Waals surface area contributed by atoms with E-state index in [1.807, 2.05) is 36.4 Å². The second-order valence-electron chi connectivity index (χ2n) is 8.48. The lowest BCUT2D eigenvalue weighted by molar-refractivity contribution is -0.129. The van der Waals surface area contributed by atoms with E-state index in [1.54, 1.807) is 7.11 Å². The molecule has 0 spiro atoms. The first-order valence-corrected chi connectivity index (χ1v) is 11.6. The summed E-state index contributed by atoms with van der Waals surface area (Å²) in [6, 6.07) is 28.9. The Morgan fingerprint density at radius 3 is 1.94 bits per heavy atom. The van der Waals surface area contributed by atoms with E-state index in [4.69, 9.17) is 4.74 Å². The topological polar surface area (TPSA) is 32.7 Å². The first-order chi connectivity index (χ1) is 15.7. The van der Waals surface area contributed by atoms with Crippen molar-refractivity contribution in [1.82, 2.24) is 4.90 Å². The van der Waals surface area contributed by atoms with Gasteiger partial charge < -0.3 is 9.84 Å². The molecule has 1 fully saturated rings. The standard InChI is InChI=1S/C29H33NO2/c1-32-27-19-17-26(18-20-27)29(31,30-22-9-4-10-23-30)21-11-16-28(24-12-5-2-6-13-24)25-14-7-3-8-15-25/h2-3,5-8,12-20,31H,4,9-11,21-23H2,1H3. The van der Waals surface area contributed by atoms with Crippen LogP contribution in [0.2, 0.25) is 0 Å². The van der Waals surface area contributed by atoms with Crippen molar-refractivity contribution in [3.05, 3.63) is 108 Å². The average Bonchev–Trinajstić information content (AvgIpc) is 2.88. The van der Waals surface area contributed by atoms with Crippen molar-refractivity contribution in [1.29, 1.82) is 0 Å². The van der Waals surface area contributed by atoms with E-state index in [2.05, 4.69) is 59.5 Å². The summed E-state index contributed by atoms with van der Waals surface area (Å²) in [4.78, 5) is 2.26. The van der Waals surface area contributed by atoms with Crippen molar-refractivity contribution in [2.24, 2.45) is 0 Å². The highest BCUT2D eigenvalue weighted by atomic mass is 16.5. The third-order valence-corrected chi connectivity index (χ3v) is 6.44. The Kier molecular flexibility index (Phi) is 7.41. The third-order valence-electron chi connectivity index (χ3n) is 6.44. The summed E-state index contributed by atoms with van der Waals surface area (Å²) < 4.78 is 5.33. The molecular formula is C29H33NO2. The fourth-order valence-corrected chi connectivity index (χ4v) is 4.66. The molecule has 1 N–H and O–H groups in total. The van der Waals surface area contributed by atoms with Gasteiger partial charge in [0.25, 0.3) is 0 Å².